The number of likely N-dealkylation sites (N-methyl/N-ethyl adjacent to an activating group) is 1. The first-order valence-corrected chi connectivity index (χ1v) is 8.39. The van der Waals surface area contributed by atoms with Crippen molar-refractivity contribution in [2.75, 3.05) is 24.2 Å². The van der Waals surface area contributed by atoms with Crippen LogP contribution in [0.4, 0.5) is 11.4 Å². The quantitative estimate of drug-likeness (QED) is 0.796. The van der Waals surface area contributed by atoms with Crippen LogP contribution in [0, 0.1) is 0 Å². The molecular weight excluding hydrogens is 361 g/mol. The molecule has 25 heavy (non-hydrogen) atoms. The van der Waals surface area contributed by atoms with Crippen molar-refractivity contribution in [2.45, 2.75) is 13.5 Å². The molecule has 0 atom stereocenters. The van der Waals surface area contributed by atoms with Gasteiger partial charge in [-0.05, 0) is 42.9 Å². The lowest BCUT2D eigenvalue weighted by atomic mass is 10.2. The van der Waals surface area contributed by atoms with Gasteiger partial charge in [-0.25, -0.2) is 0 Å². The zero-order valence-corrected chi connectivity index (χ0v) is 15.5. The highest BCUT2D eigenvalue weighted by Gasteiger charge is 2.10. The Bertz CT molecular complexity index is 781. The number of amides is 2. The molecule has 0 aliphatic rings. The summed E-state index contributed by atoms with van der Waals surface area (Å²) >= 11 is 12.0. The van der Waals surface area contributed by atoms with Gasteiger partial charge in [0.15, 0.2) is 0 Å². The van der Waals surface area contributed by atoms with E-state index in [4.69, 9.17) is 23.2 Å². The number of nitrogens with one attached hydrogen (secondary N) is 2. The number of rotatable bonds is 6. The molecule has 0 aliphatic carbocycles. The summed E-state index contributed by atoms with van der Waals surface area (Å²) in [6.07, 6.45) is 0. The van der Waals surface area contributed by atoms with Crippen LogP contribution in [-0.2, 0) is 16.1 Å². The Labute approximate surface area is 156 Å². The first kappa shape index (κ1) is 19.2. The molecule has 2 aromatic carbocycles. The summed E-state index contributed by atoms with van der Waals surface area (Å²) < 4.78 is 0. The summed E-state index contributed by atoms with van der Waals surface area (Å²) in [5.74, 6) is -0.324. The molecule has 0 aromatic heterocycles. The lowest BCUT2D eigenvalue weighted by Crippen LogP contribution is -2.29. The van der Waals surface area contributed by atoms with Gasteiger partial charge in [0.1, 0.15) is 0 Å². The molecule has 0 heterocycles. The second kappa shape index (κ2) is 8.85. The minimum Gasteiger partial charge on any atom is -0.326 e. The average molecular weight is 380 g/mol. The van der Waals surface area contributed by atoms with Crippen LogP contribution in [0.25, 0.3) is 0 Å². The van der Waals surface area contributed by atoms with Crippen LogP contribution in [0.2, 0.25) is 10.0 Å². The summed E-state index contributed by atoms with van der Waals surface area (Å²) in [5.41, 5.74) is 2.15. The molecule has 5 nitrogen and oxygen atoms in total. The summed E-state index contributed by atoms with van der Waals surface area (Å²) in [5, 5.41) is 6.64. The summed E-state index contributed by atoms with van der Waals surface area (Å²) in [4.78, 5) is 25.1. The fourth-order valence-electron chi connectivity index (χ4n) is 2.32. The number of nitrogens with zero attached hydrogens (tertiary/aromatic N) is 1. The first-order valence-electron chi connectivity index (χ1n) is 7.63. The fourth-order valence-corrected chi connectivity index (χ4v) is 2.79. The van der Waals surface area contributed by atoms with Crippen molar-refractivity contribution in [1.29, 1.82) is 0 Å². The van der Waals surface area contributed by atoms with E-state index in [0.29, 0.717) is 28.0 Å². The normalized spacial score (nSPS) is 10.6. The largest absolute Gasteiger partial charge is 0.326 e. The minimum atomic E-state index is -0.164. The van der Waals surface area contributed by atoms with Crippen molar-refractivity contribution in [3.05, 3.63) is 58.1 Å². The zero-order chi connectivity index (χ0) is 18.4. The topological polar surface area (TPSA) is 61.4 Å². The van der Waals surface area contributed by atoms with E-state index in [2.05, 4.69) is 10.6 Å². The van der Waals surface area contributed by atoms with E-state index in [1.165, 1.54) is 6.92 Å². The van der Waals surface area contributed by atoms with Gasteiger partial charge in [-0.2, -0.15) is 0 Å². The molecule has 2 aromatic rings. The van der Waals surface area contributed by atoms with Gasteiger partial charge in [0.2, 0.25) is 11.8 Å². The summed E-state index contributed by atoms with van der Waals surface area (Å²) in [6.45, 7) is 2.15. The Morgan fingerprint density at radius 1 is 1.04 bits per heavy atom. The van der Waals surface area contributed by atoms with Crippen LogP contribution >= 0.6 is 23.2 Å². The molecular formula is C18H19Cl2N3O2. The van der Waals surface area contributed by atoms with Crippen LogP contribution < -0.4 is 10.6 Å². The van der Waals surface area contributed by atoms with Crippen molar-refractivity contribution in [1.82, 2.24) is 4.90 Å². The SMILES string of the molecule is CC(=O)Nc1cccc(NC(=O)CN(C)Cc2ccc(Cl)cc2Cl)c1. The Morgan fingerprint density at radius 3 is 2.36 bits per heavy atom. The molecule has 0 spiro atoms. The molecule has 0 unspecified atom stereocenters. The fraction of sp³-hybridized carbons (Fsp3) is 0.222. The second-order valence-electron chi connectivity index (χ2n) is 5.72. The number of hydrogen-bond acceptors (Lipinski definition) is 3. The maximum Gasteiger partial charge on any atom is 0.238 e. The number of halogens is 2. The molecule has 132 valence electrons. The monoisotopic (exact) mass is 379 g/mol. The maximum absolute atomic E-state index is 12.2. The van der Waals surface area contributed by atoms with Gasteiger partial charge in [-0.3, -0.25) is 14.5 Å². The van der Waals surface area contributed by atoms with E-state index in [9.17, 15) is 9.59 Å². The lowest BCUT2D eigenvalue weighted by Gasteiger charge is -2.17. The Hall–Kier alpha value is -2.08. The summed E-state index contributed by atoms with van der Waals surface area (Å²) in [7, 11) is 1.83. The van der Waals surface area contributed by atoms with Gasteiger partial charge in [0, 0.05) is 34.9 Å². The third-order valence-electron chi connectivity index (χ3n) is 3.34. The highest BCUT2D eigenvalue weighted by molar-refractivity contribution is 6.35. The molecule has 0 fully saturated rings. The number of anilines is 2. The molecule has 2 N–H and O–H groups in total. The Morgan fingerprint density at radius 2 is 1.72 bits per heavy atom. The number of hydrogen-bond donors (Lipinski definition) is 2. The third-order valence-corrected chi connectivity index (χ3v) is 3.92. The van der Waals surface area contributed by atoms with Gasteiger partial charge in [-0.15, -0.1) is 0 Å². The number of carbonyl (C=O) groups is 2. The smallest absolute Gasteiger partial charge is 0.238 e. The number of benzene rings is 2. The first-order chi connectivity index (χ1) is 11.8. The van der Waals surface area contributed by atoms with E-state index in [1.54, 1.807) is 36.4 Å². The molecule has 0 saturated heterocycles. The molecule has 0 bridgehead atoms. The van der Waals surface area contributed by atoms with Gasteiger partial charge < -0.3 is 10.6 Å². The van der Waals surface area contributed by atoms with Crippen LogP contribution in [0.15, 0.2) is 42.5 Å². The van der Waals surface area contributed by atoms with Gasteiger partial charge >= 0.3 is 0 Å². The van der Waals surface area contributed by atoms with Gasteiger partial charge in [0.25, 0.3) is 0 Å². The average Bonchev–Trinajstić information content (AvgIpc) is 2.49. The number of carbonyl (C=O) groups excluding carboxylic acids is 2. The molecule has 0 aliphatic heterocycles. The molecule has 7 heteroatoms. The van der Waals surface area contributed by atoms with Crippen LogP contribution in [0.5, 0.6) is 0 Å². The van der Waals surface area contributed by atoms with Crippen molar-refractivity contribution < 1.29 is 9.59 Å². The van der Waals surface area contributed by atoms with Crippen LogP contribution in [0.3, 0.4) is 0 Å². The standard InChI is InChI=1S/C18H19Cl2N3O2/c1-12(24)21-15-4-3-5-16(9-15)22-18(25)11-23(2)10-13-6-7-14(19)8-17(13)20/h3-9H,10-11H2,1-2H3,(H,21,24)(H,22,25). The van der Waals surface area contributed by atoms with Crippen molar-refractivity contribution >= 4 is 46.4 Å². The van der Waals surface area contributed by atoms with E-state index < -0.39 is 0 Å². The molecule has 2 amide bonds. The summed E-state index contributed by atoms with van der Waals surface area (Å²) in [6, 6.07) is 12.3. The van der Waals surface area contributed by atoms with Crippen molar-refractivity contribution in [3.63, 3.8) is 0 Å². The zero-order valence-electron chi connectivity index (χ0n) is 14.0. The van der Waals surface area contributed by atoms with E-state index in [1.807, 2.05) is 18.0 Å². The van der Waals surface area contributed by atoms with Crippen molar-refractivity contribution in [2.24, 2.45) is 0 Å². The Kier molecular flexibility index (Phi) is 6.82. The van der Waals surface area contributed by atoms with E-state index >= 15 is 0 Å². The highest BCUT2D eigenvalue weighted by atomic mass is 35.5. The lowest BCUT2D eigenvalue weighted by molar-refractivity contribution is -0.117. The van der Waals surface area contributed by atoms with Crippen LogP contribution in [0.1, 0.15) is 12.5 Å². The molecule has 0 saturated carbocycles. The van der Waals surface area contributed by atoms with E-state index in [-0.39, 0.29) is 18.4 Å². The molecule has 0 radical (unpaired) electrons. The maximum atomic E-state index is 12.2. The predicted molar refractivity (Wildman–Crippen MR) is 102 cm³/mol. The van der Waals surface area contributed by atoms with Gasteiger partial charge in [-0.1, -0.05) is 35.3 Å². The predicted octanol–water partition coefficient (Wildman–Crippen LogP) is 4.02. The van der Waals surface area contributed by atoms with Crippen LogP contribution in [-0.4, -0.2) is 30.3 Å². The highest BCUT2D eigenvalue weighted by Crippen LogP contribution is 2.22. The molecule has 2 rings (SSSR count). The third kappa shape index (κ3) is 6.38. The van der Waals surface area contributed by atoms with Crippen molar-refractivity contribution in [3.8, 4) is 0 Å². The van der Waals surface area contributed by atoms with Gasteiger partial charge in [0.05, 0.1) is 6.54 Å². The second-order valence-corrected chi connectivity index (χ2v) is 6.56. The minimum absolute atomic E-state index is 0.160. The van der Waals surface area contributed by atoms with E-state index in [0.717, 1.165) is 5.56 Å². The Balaban J connectivity index is 1.92.